The van der Waals surface area contributed by atoms with Gasteiger partial charge >= 0.3 is 0 Å². The van der Waals surface area contributed by atoms with Crippen LogP contribution >= 0.6 is 11.6 Å². The summed E-state index contributed by atoms with van der Waals surface area (Å²) in [6.45, 7) is 13.6. The first-order valence-electron chi connectivity index (χ1n) is 12.1. The minimum absolute atomic E-state index is 0.0244. The highest BCUT2D eigenvalue weighted by Crippen LogP contribution is 2.58. The van der Waals surface area contributed by atoms with Crippen LogP contribution in [0.25, 0.3) is 0 Å². The van der Waals surface area contributed by atoms with Crippen molar-refractivity contribution < 1.29 is 9.53 Å². The number of piperazine rings is 1. The highest BCUT2D eigenvalue weighted by molar-refractivity contribution is 6.31. The smallest absolute Gasteiger partial charge is 0.250 e. The van der Waals surface area contributed by atoms with Gasteiger partial charge < -0.3 is 10.5 Å². The van der Waals surface area contributed by atoms with Crippen molar-refractivity contribution in [1.82, 2.24) is 14.8 Å². The SMILES string of the molecule is CC1(C)C(Oc2ccc(C#N)c(Cl)c2)C(C)(C)C1N1CCN(CC#Cc2ccc(C(N)=O)cn2)CC1. The topological polar surface area (TPSA) is 95.5 Å². The average molecular weight is 506 g/mol. The molecule has 2 aromatic rings. The maximum Gasteiger partial charge on any atom is 0.250 e. The number of ether oxygens (including phenoxy) is 1. The van der Waals surface area contributed by atoms with Crippen LogP contribution in [-0.4, -0.2) is 65.6 Å². The predicted octanol–water partition coefficient (Wildman–Crippen LogP) is 3.56. The van der Waals surface area contributed by atoms with E-state index >= 15 is 0 Å². The third kappa shape index (κ3) is 5.06. The summed E-state index contributed by atoms with van der Waals surface area (Å²) < 4.78 is 6.44. The Bertz CT molecular complexity index is 1220. The van der Waals surface area contributed by atoms with E-state index in [4.69, 9.17) is 27.3 Å². The molecule has 0 spiro atoms. The summed E-state index contributed by atoms with van der Waals surface area (Å²) in [6, 6.07) is 11.1. The Labute approximate surface area is 218 Å². The lowest BCUT2D eigenvalue weighted by molar-refractivity contribution is -0.213. The summed E-state index contributed by atoms with van der Waals surface area (Å²) in [5, 5.41) is 9.55. The molecule has 1 amide bonds. The lowest BCUT2D eigenvalue weighted by Gasteiger charge is -2.66. The number of primary amides is 1. The van der Waals surface area contributed by atoms with Gasteiger partial charge in [0.25, 0.3) is 0 Å². The van der Waals surface area contributed by atoms with Crippen LogP contribution in [0.4, 0.5) is 0 Å². The fourth-order valence-electron chi connectivity index (χ4n) is 6.18. The number of nitriles is 1. The first-order valence-corrected chi connectivity index (χ1v) is 12.5. The Morgan fingerprint density at radius 2 is 1.86 bits per heavy atom. The van der Waals surface area contributed by atoms with Crippen LogP contribution < -0.4 is 10.5 Å². The van der Waals surface area contributed by atoms with Gasteiger partial charge in [0.1, 0.15) is 23.6 Å². The quantitative estimate of drug-likeness (QED) is 0.624. The van der Waals surface area contributed by atoms with Crippen LogP contribution in [0, 0.1) is 34.0 Å². The third-order valence-electron chi connectivity index (χ3n) is 7.42. The van der Waals surface area contributed by atoms with Gasteiger partial charge in [-0.05, 0) is 30.2 Å². The van der Waals surface area contributed by atoms with E-state index < -0.39 is 5.91 Å². The maximum absolute atomic E-state index is 11.2. The molecule has 0 atom stereocenters. The third-order valence-corrected chi connectivity index (χ3v) is 7.73. The van der Waals surface area contributed by atoms with Crippen molar-refractivity contribution in [3.05, 3.63) is 58.4 Å². The summed E-state index contributed by atoms with van der Waals surface area (Å²) in [5.74, 6) is 6.48. The van der Waals surface area contributed by atoms with Crippen molar-refractivity contribution in [2.45, 2.75) is 39.8 Å². The molecule has 2 aliphatic rings. The second-order valence-electron chi connectivity index (χ2n) is 10.7. The number of aromatic nitrogens is 1. The van der Waals surface area contributed by atoms with Gasteiger partial charge in [-0.1, -0.05) is 45.2 Å². The summed E-state index contributed by atoms with van der Waals surface area (Å²) in [5.41, 5.74) is 6.62. The molecule has 7 nitrogen and oxygen atoms in total. The Morgan fingerprint density at radius 1 is 1.17 bits per heavy atom. The second kappa shape index (κ2) is 10.1. The molecule has 36 heavy (non-hydrogen) atoms. The normalized spacial score (nSPS) is 23.0. The van der Waals surface area contributed by atoms with Crippen LogP contribution in [0.1, 0.15) is 49.3 Å². The van der Waals surface area contributed by atoms with E-state index in [1.165, 1.54) is 6.20 Å². The summed E-state index contributed by atoms with van der Waals surface area (Å²) >= 11 is 6.22. The lowest BCUT2D eigenvalue weighted by atomic mass is 9.48. The van der Waals surface area contributed by atoms with Crippen molar-refractivity contribution in [1.29, 1.82) is 5.26 Å². The fraction of sp³-hybridized carbons (Fsp3) is 0.464. The average Bonchev–Trinajstić information content (AvgIpc) is 2.83. The van der Waals surface area contributed by atoms with Crippen LogP contribution in [0.3, 0.4) is 0 Å². The van der Waals surface area contributed by atoms with Gasteiger partial charge in [-0.3, -0.25) is 14.6 Å². The van der Waals surface area contributed by atoms with E-state index in [0.717, 1.165) is 26.2 Å². The standard InChI is InChI=1S/C28H32ClN5O2/c1-27(2)25(28(3,4)26(27)36-22-10-8-19(17-30)23(29)16-22)34-14-12-33(13-15-34)11-5-6-21-9-7-20(18-32-21)24(31)35/h7-10,16,18,25-26H,11-15H2,1-4H3,(H2,31,35). The molecular formula is C28H32ClN5O2. The number of pyridine rings is 1. The number of hydrogen-bond donors (Lipinski definition) is 1. The number of carbonyl (C=O) groups excluding carboxylic acids is 1. The van der Waals surface area contributed by atoms with E-state index in [1.54, 1.807) is 24.3 Å². The van der Waals surface area contributed by atoms with Gasteiger partial charge in [0, 0.05) is 55.3 Å². The highest BCUT2D eigenvalue weighted by Gasteiger charge is 2.65. The molecule has 2 N–H and O–H groups in total. The zero-order valence-corrected chi connectivity index (χ0v) is 22.0. The monoisotopic (exact) mass is 505 g/mol. The minimum atomic E-state index is -0.491. The minimum Gasteiger partial charge on any atom is -0.489 e. The van der Waals surface area contributed by atoms with Gasteiger partial charge in [-0.15, -0.1) is 0 Å². The van der Waals surface area contributed by atoms with E-state index in [2.05, 4.69) is 60.4 Å². The number of halogens is 1. The van der Waals surface area contributed by atoms with E-state index in [0.29, 0.717) is 40.2 Å². The first kappa shape index (κ1) is 26.0. The molecule has 188 valence electrons. The lowest BCUT2D eigenvalue weighted by Crippen LogP contribution is -2.76. The Kier molecular flexibility index (Phi) is 7.29. The molecule has 0 unspecified atom stereocenters. The number of hydrogen-bond acceptors (Lipinski definition) is 6. The summed E-state index contributed by atoms with van der Waals surface area (Å²) in [4.78, 5) is 20.3. The molecule has 4 rings (SSSR count). The van der Waals surface area contributed by atoms with Crippen LogP contribution in [0.5, 0.6) is 5.75 Å². The first-order chi connectivity index (χ1) is 17.0. The predicted molar refractivity (Wildman–Crippen MR) is 140 cm³/mol. The second-order valence-corrected chi connectivity index (χ2v) is 11.1. The molecule has 1 aromatic heterocycles. The Balaban J connectivity index is 1.33. The van der Waals surface area contributed by atoms with Gasteiger partial charge in [-0.25, -0.2) is 4.98 Å². The Morgan fingerprint density at radius 3 is 2.42 bits per heavy atom. The molecule has 1 aliphatic carbocycles. The van der Waals surface area contributed by atoms with Crippen molar-refractivity contribution in [3.8, 4) is 23.7 Å². The fourth-order valence-corrected chi connectivity index (χ4v) is 6.40. The number of benzene rings is 1. The molecular weight excluding hydrogens is 474 g/mol. The maximum atomic E-state index is 11.2. The van der Waals surface area contributed by atoms with Gasteiger partial charge in [-0.2, -0.15) is 5.26 Å². The summed E-state index contributed by atoms with van der Waals surface area (Å²) in [7, 11) is 0. The van der Waals surface area contributed by atoms with Crippen molar-refractivity contribution in [3.63, 3.8) is 0 Å². The number of carbonyl (C=O) groups is 1. The number of nitrogens with two attached hydrogens (primary N) is 1. The molecule has 8 heteroatoms. The largest absolute Gasteiger partial charge is 0.489 e. The molecule has 0 bridgehead atoms. The molecule has 1 aliphatic heterocycles. The molecule has 1 aromatic carbocycles. The number of nitrogens with zero attached hydrogens (tertiary/aromatic N) is 4. The van der Waals surface area contributed by atoms with Crippen molar-refractivity contribution in [2.75, 3.05) is 32.7 Å². The van der Waals surface area contributed by atoms with Gasteiger partial charge in [0.2, 0.25) is 5.91 Å². The molecule has 0 radical (unpaired) electrons. The highest BCUT2D eigenvalue weighted by atomic mass is 35.5. The zero-order chi connectivity index (χ0) is 26.1. The summed E-state index contributed by atoms with van der Waals surface area (Å²) in [6.07, 6.45) is 1.48. The molecule has 1 saturated carbocycles. The molecule has 1 saturated heterocycles. The van der Waals surface area contributed by atoms with E-state index in [-0.39, 0.29) is 16.9 Å². The van der Waals surface area contributed by atoms with Gasteiger partial charge in [0.15, 0.2) is 0 Å². The van der Waals surface area contributed by atoms with Crippen LogP contribution in [0.2, 0.25) is 5.02 Å². The van der Waals surface area contributed by atoms with Crippen molar-refractivity contribution in [2.24, 2.45) is 16.6 Å². The van der Waals surface area contributed by atoms with Crippen LogP contribution in [-0.2, 0) is 0 Å². The van der Waals surface area contributed by atoms with Gasteiger partial charge in [0.05, 0.1) is 22.7 Å². The number of amides is 1. The number of rotatable bonds is 5. The van der Waals surface area contributed by atoms with E-state index in [9.17, 15) is 4.79 Å². The molecule has 2 fully saturated rings. The van der Waals surface area contributed by atoms with Crippen LogP contribution in [0.15, 0.2) is 36.5 Å². The zero-order valence-electron chi connectivity index (χ0n) is 21.2. The molecule has 2 heterocycles. The van der Waals surface area contributed by atoms with Crippen molar-refractivity contribution >= 4 is 17.5 Å². The van der Waals surface area contributed by atoms with E-state index in [1.807, 2.05) is 6.07 Å². The Hall–Kier alpha value is -3.10.